The van der Waals surface area contributed by atoms with Gasteiger partial charge in [-0.1, -0.05) is 32.4 Å². The fraction of sp³-hybridized carbons (Fsp3) is 0.667. The van der Waals surface area contributed by atoms with Gasteiger partial charge in [-0.3, -0.25) is 4.98 Å². The van der Waals surface area contributed by atoms with Gasteiger partial charge in [-0.25, -0.2) is 0 Å². The van der Waals surface area contributed by atoms with Crippen LogP contribution in [0.3, 0.4) is 0 Å². The molecule has 100 valence electrons. The zero-order valence-electron chi connectivity index (χ0n) is 11.5. The largest absolute Gasteiger partial charge is 0.325 e. The molecule has 1 saturated carbocycles. The van der Waals surface area contributed by atoms with Gasteiger partial charge >= 0.3 is 0 Å². The van der Waals surface area contributed by atoms with Crippen LogP contribution in [-0.4, -0.2) is 10.5 Å². The minimum absolute atomic E-state index is 0.133. The molecule has 2 unspecified atom stereocenters. The molecule has 2 atom stereocenters. The summed E-state index contributed by atoms with van der Waals surface area (Å²) in [7, 11) is 0. The zero-order chi connectivity index (χ0) is 13.4. The van der Waals surface area contributed by atoms with Crippen LogP contribution in [0.4, 0.5) is 0 Å². The molecule has 1 aromatic rings. The number of hydrogen-bond acceptors (Lipinski definition) is 2. The van der Waals surface area contributed by atoms with Gasteiger partial charge in [0.1, 0.15) is 0 Å². The molecule has 1 aliphatic rings. The number of nitrogens with two attached hydrogens (primary N) is 1. The lowest BCUT2D eigenvalue weighted by Gasteiger charge is -2.46. The van der Waals surface area contributed by atoms with Crippen molar-refractivity contribution in [3.05, 3.63) is 29.0 Å². The Morgan fingerprint density at radius 1 is 1.44 bits per heavy atom. The Balaban J connectivity index is 2.19. The van der Waals surface area contributed by atoms with E-state index in [9.17, 15) is 0 Å². The van der Waals surface area contributed by atoms with Crippen LogP contribution in [0.5, 0.6) is 0 Å². The molecular formula is C15H23ClN2. The number of halogens is 1. The Bertz CT molecular complexity index is 430. The Morgan fingerprint density at radius 2 is 2.17 bits per heavy atom. The van der Waals surface area contributed by atoms with E-state index in [0.717, 1.165) is 29.8 Å². The number of hydrogen-bond donors (Lipinski definition) is 1. The molecule has 0 radical (unpaired) electrons. The van der Waals surface area contributed by atoms with Gasteiger partial charge in [-0.15, -0.1) is 0 Å². The van der Waals surface area contributed by atoms with Crippen LogP contribution in [0.2, 0.25) is 5.02 Å². The minimum Gasteiger partial charge on any atom is -0.325 e. The van der Waals surface area contributed by atoms with Gasteiger partial charge in [0.05, 0.1) is 5.02 Å². The van der Waals surface area contributed by atoms with E-state index in [1.807, 2.05) is 6.07 Å². The van der Waals surface area contributed by atoms with Gasteiger partial charge in [0, 0.05) is 17.9 Å². The van der Waals surface area contributed by atoms with Crippen molar-refractivity contribution in [2.75, 3.05) is 0 Å². The smallest absolute Gasteiger partial charge is 0.0621 e. The highest BCUT2D eigenvalue weighted by Gasteiger charge is 2.40. The molecule has 2 N–H and O–H groups in total. The summed E-state index contributed by atoms with van der Waals surface area (Å²) < 4.78 is 0. The highest BCUT2D eigenvalue weighted by molar-refractivity contribution is 6.31. The number of aromatic nitrogens is 1. The first kappa shape index (κ1) is 13.8. The first-order chi connectivity index (χ1) is 8.30. The summed E-state index contributed by atoms with van der Waals surface area (Å²) in [6, 6.07) is 1.99. The highest BCUT2D eigenvalue weighted by Crippen LogP contribution is 2.44. The Labute approximate surface area is 115 Å². The van der Waals surface area contributed by atoms with Gasteiger partial charge in [-0.05, 0) is 48.6 Å². The van der Waals surface area contributed by atoms with Crippen LogP contribution in [0, 0.1) is 11.3 Å². The lowest BCUT2D eigenvalue weighted by molar-refractivity contribution is 0.108. The minimum atomic E-state index is -0.133. The Hall–Kier alpha value is -0.600. The molecule has 1 aliphatic carbocycles. The lowest BCUT2D eigenvalue weighted by atomic mass is 9.63. The fourth-order valence-corrected chi connectivity index (χ4v) is 4.05. The van der Waals surface area contributed by atoms with Crippen LogP contribution >= 0.6 is 11.6 Å². The maximum Gasteiger partial charge on any atom is 0.0621 e. The quantitative estimate of drug-likeness (QED) is 0.884. The van der Waals surface area contributed by atoms with Crippen molar-refractivity contribution in [3.8, 4) is 0 Å². The predicted molar refractivity (Wildman–Crippen MR) is 76.7 cm³/mol. The van der Waals surface area contributed by atoms with Crippen molar-refractivity contribution in [1.29, 1.82) is 0 Å². The molecule has 0 aliphatic heterocycles. The second-order valence-electron chi connectivity index (χ2n) is 6.86. The van der Waals surface area contributed by atoms with E-state index < -0.39 is 0 Å². The van der Waals surface area contributed by atoms with Gasteiger partial charge in [-0.2, -0.15) is 0 Å². The molecule has 1 fully saturated rings. The molecule has 0 amide bonds. The average Bonchev–Trinajstić information content (AvgIpc) is 2.17. The van der Waals surface area contributed by atoms with E-state index in [0.29, 0.717) is 11.3 Å². The Morgan fingerprint density at radius 3 is 2.78 bits per heavy atom. The molecule has 0 saturated heterocycles. The summed E-state index contributed by atoms with van der Waals surface area (Å²) in [6.45, 7) is 6.94. The van der Waals surface area contributed by atoms with Gasteiger partial charge in [0.2, 0.25) is 0 Å². The van der Waals surface area contributed by atoms with Crippen molar-refractivity contribution in [2.24, 2.45) is 17.1 Å². The van der Waals surface area contributed by atoms with Crippen molar-refractivity contribution in [2.45, 2.75) is 52.0 Å². The topological polar surface area (TPSA) is 38.9 Å². The summed E-state index contributed by atoms with van der Waals surface area (Å²) in [6.07, 6.45) is 7.75. The maximum absolute atomic E-state index is 6.65. The lowest BCUT2D eigenvalue weighted by Crippen LogP contribution is -2.50. The van der Waals surface area contributed by atoms with Crippen LogP contribution < -0.4 is 5.73 Å². The molecular weight excluding hydrogens is 244 g/mol. The SMILES string of the molecule is CC1CC(C)(C)CC(N)(Cc2ccncc2Cl)C1. The van der Waals surface area contributed by atoms with Crippen molar-refractivity contribution in [3.63, 3.8) is 0 Å². The van der Waals surface area contributed by atoms with Crippen molar-refractivity contribution in [1.82, 2.24) is 4.98 Å². The van der Waals surface area contributed by atoms with Crippen LogP contribution in [0.1, 0.15) is 45.6 Å². The third kappa shape index (κ3) is 3.24. The third-order valence-corrected chi connectivity index (χ3v) is 4.23. The number of nitrogens with zero attached hydrogens (tertiary/aromatic N) is 1. The molecule has 0 bridgehead atoms. The van der Waals surface area contributed by atoms with E-state index in [2.05, 4.69) is 25.8 Å². The highest BCUT2D eigenvalue weighted by atomic mass is 35.5. The van der Waals surface area contributed by atoms with E-state index in [4.69, 9.17) is 17.3 Å². The molecule has 0 spiro atoms. The van der Waals surface area contributed by atoms with Crippen molar-refractivity contribution >= 4 is 11.6 Å². The zero-order valence-corrected chi connectivity index (χ0v) is 12.3. The van der Waals surface area contributed by atoms with Gasteiger partial charge in [0.15, 0.2) is 0 Å². The molecule has 18 heavy (non-hydrogen) atoms. The van der Waals surface area contributed by atoms with Gasteiger partial charge < -0.3 is 5.73 Å². The first-order valence-corrected chi connectivity index (χ1v) is 7.05. The van der Waals surface area contributed by atoms with Crippen molar-refractivity contribution < 1.29 is 0 Å². The second kappa shape index (κ2) is 4.82. The van der Waals surface area contributed by atoms with Crippen LogP contribution in [-0.2, 0) is 6.42 Å². The van der Waals surface area contributed by atoms with Crippen LogP contribution in [0.25, 0.3) is 0 Å². The Kier molecular flexibility index (Phi) is 3.70. The normalized spacial score (nSPS) is 31.3. The van der Waals surface area contributed by atoms with E-state index in [1.165, 1.54) is 6.42 Å². The summed E-state index contributed by atoms with van der Waals surface area (Å²) in [5.74, 6) is 0.680. The standard InChI is InChI=1S/C15H23ClN2/c1-11-6-14(2,3)10-15(17,7-11)8-12-4-5-18-9-13(12)16/h4-5,9,11H,6-8,10,17H2,1-3H3. The monoisotopic (exact) mass is 266 g/mol. The molecule has 2 rings (SSSR count). The molecule has 2 nitrogen and oxygen atoms in total. The molecule has 1 heterocycles. The number of pyridine rings is 1. The van der Waals surface area contributed by atoms with E-state index >= 15 is 0 Å². The predicted octanol–water partition coefficient (Wildman–Crippen LogP) is 3.82. The van der Waals surface area contributed by atoms with E-state index in [1.54, 1.807) is 12.4 Å². The van der Waals surface area contributed by atoms with Crippen LogP contribution in [0.15, 0.2) is 18.5 Å². The summed E-state index contributed by atoms with van der Waals surface area (Å²) in [5, 5.41) is 0.735. The van der Waals surface area contributed by atoms with E-state index in [-0.39, 0.29) is 5.54 Å². The third-order valence-electron chi connectivity index (χ3n) is 3.89. The first-order valence-electron chi connectivity index (χ1n) is 6.67. The average molecular weight is 267 g/mol. The summed E-state index contributed by atoms with van der Waals surface area (Å²) >= 11 is 6.19. The second-order valence-corrected chi connectivity index (χ2v) is 7.27. The van der Waals surface area contributed by atoms with Gasteiger partial charge in [0.25, 0.3) is 0 Å². The summed E-state index contributed by atoms with van der Waals surface area (Å²) in [5.41, 5.74) is 7.96. The molecule has 1 aromatic heterocycles. The number of rotatable bonds is 2. The molecule has 3 heteroatoms. The summed E-state index contributed by atoms with van der Waals surface area (Å²) in [4.78, 5) is 4.03. The molecule has 0 aromatic carbocycles. The maximum atomic E-state index is 6.65. The fourth-order valence-electron chi connectivity index (χ4n) is 3.87.